The maximum Gasteiger partial charge on any atom is 0.147 e. The summed E-state index contributed by atoms with van der Waals surface area (Å²) in [6, 6.07) is 0.254. The summed E-state index contributed by atoms with van der Waals surface area (Å²) in [7, 11) is 4.03. The highest BCUT2D eigenvalue weighted by atomic mass is 16.3. The molecule has 2 N–H and O–H groups in total. The molecule has 0 amide bonds. The van der Waals surface area contributed by atoms with Gasteiger partial charge in [-0.3, -0.25) is 4.98 Å². The van der Waals surface area contributed by atoms with Crippen LogP contribution in [0.1, 0.15) is 12.1 Å². The molecule has 1 aliphatic rings. The van der Waals surface area contributed by atoms with Gasteiger partial charge in [-0.05, 0) is 20.5 Å². The zero-order chi connectivity index (χ0) is 13.1. The first kappa shape index (κ1) is 13.2. The molecule has 18 heavy (non-hydrogen) atoms. The monoisotopic (exact) mass is 252 g/mol. The summed E-state index contributed by atoms with van der Waals surface area (Å²) in [4.78, 5) is 12.6. The fourth-order valence-electron chi connectivity index (χ4n) is 2.35. The third-order valence-electron chi connectivity index (χ3n) is 3.12. The van der Waals surface area contributed by atoms with Crippen molar-refractivity contribution in [3.63, 3.8) is 0 Å². The van der Waals surface area contributed by atoms with Crippen molar-refractivity contribution in [2.24, 2.45) is 0 Å². The lowest BCUT2D eigenvalue weighted by Crippen LogP contribution is -2.38. The quantitative estimate of drug-likeness (QED) is 0.750. The molecule has 2 heterocycles. The molecule has 2 atom stereocenters. The van der Waals surface area contributed by atoms with Crippen LogP contribution in [-0.2, 0) is 6.61 Å². The number of nitrogens with zero attached hydrogens (tertiary/aromatic N) is 4. The zero-order valence-corrected chi connectivity index (χ0v) is 10.8. The Hall–Kier alpha value is -1.24. The van der Waals surface area contributed by atoms with Gasteiger partial charge in [0, 0.05) is 19.1 Å². The Morgan fingerprint density at radius 1 is 1.39 bits per heavy atom. The maximum absolute atomic E-state index is 9.80. The van der Waals surface area contributed by atoms with Crippen LogP contribution in [0.15, 0.2) is 12.4 Å². The van der Waals surface area contributed by atoms with Gasteiger partial charge in [0.05, 0.1) is 30.8 Å². The van der Waals surface area contributed by atoms with Crippen LogP contribution in [-0.4, -0.2) is 64.4 Å². The van der Waals surface area contributed by atoms with E-state index >= 15 is 0 Å². The van der Waals surface area contributed by atoms with Crippen molar-refractivity contribution in [1.82, 2.24) is 14.9 Å². The number of rotatable bonds is 4. The molecule has 6 heteroatoms. The summed E-state index contributed by atoms with van der Waals surface area (Å²) in [5.41, 5.74) is 0.558. The van der Waals surface area contributed by atoms with Gasteiger partial charge in [-0.15, -0.1) is 0 Å². The van der Waals surface area contributed by atoms with Gasteiger partial charge in [-0.2, -0.15) is 0 Å². The van der Waals surface area contributed by atoms with E-state index < -0.39 is 0 Å². The fourth-order valence-corrected chi connectivity index (χ4v) is 2.35. The summed E-state index contributed by atoms with van der Waals surface area (Å²) in [6.07, 6.45) is 3.68. The molecule has 1 aliphatic heterocycles. The fraction of sp³-hybridized carbons (Fsp3) is 0.667. The Morgan fingerprint density at radius 2 is 2.17 bits per heavy atom. The highest BCUT2D eigenvalue weighted by Crippen LogP contribution is 2.23. The van der Waals surface area contributed by atoms with E-state index in [-0.39, 0.29) is 18.8 Å². The molecule has 0 bridgehead atoms. The highest BCUT2D eigenvalue weighted by Gasteiger charge is 2.32. The highest BCUT2D eigenvalue weighted by molar-refractivity contribution is 5.39. The van der Waals surface area contributed by atoms with Gasteiger partial charge >= 0.3 is 0 Å². The Balaban J connectivity index is 2.13. The first-order valence-corrected chi connectivity index (χ1v) is 6.11. The average Bonchev–Trinajstić information content (AvgIpc) is 2.69. The van der Waals surface area contributed by atoms with Gasteiger partial charge in [-0.25, -0.2) is 4.98 Å². The van der Waals surface area contributed by atoms with Gasteiger partial charge in [0.15, 0.2) is 0 Å². The molecule has 100 valence electrons. The van der Waals surface area contributed by atoms with Gasteiger partial charge < -0.3 is 20.0 Å². The van der Waals surface area contributed by atoms with Crippen LogP contribution in [0.5, 0.6) is 0 Å². The molecule has 1 saturated heterocycles. The van der Waals surface area contributed by atoms with E-state index in [0.29, 0.717) is 12.2 Å². The number of aliphatic hydroxyl groups is 2. The topological polar surface area (TPSA) is 72.7 Å². The minimum atomic E-state index is -0.311. The lowest BCUT2D eigenvalue weighted by molar-refractivity contribution is 0.191. The Kier molecular flexibility index (Phi) is 4.11. The summed E-state index contributed by atoms with van der Waals surface area (Å²) in [5, 5.41) is 18.7. The summed E-state index contributed by atoms with van der Waals surface area (Å²) >= 11 is 0. The minimum Gasteiger partial charge on any atom is -0.391 e. The smallest absolute Gasteiger partial charge is 0.147 e. The SMILES string of the molecule is CN(C)CC1CC(O)CN1c1cnc(CO)cn1. The number of likely N-dealkylation sites (N-methyl/N-ethyl adjacent to an activating group) is 1. The largest absolute Gasteiger partial charge is 0.391 e. The molecule has 1 aromatic rings. The van der Waals surface area contributed by atoms with Crippen LogP contribution in [0.2, 0.25) is 0 Å². The molecule has 0 radical (unpaired) electrons. The minimum absolute atomic E-state index is 0.100. The first-order chi connectivity index (χ1) is 8.60. The Bertz CT molecular complexity index is 382. The summed E-state index contributed by atoms with van der Waals surface area (Å²) < 4.78 is 0. The average molecular weight is 252 g/mol. The lowest BCUT2D eigenvalue weighted by atomic mass is 10.2. The van der Waals surface area contributed by atoms with Gasteiger partial charge in [0.1, 0.15) is 5.82 Å². The van der Waals surface area contributed by atoms with E-state index in [2.05, 4.69) is 19.8 Å². The maximum atomic E-state index is 9.80. The third-order valence-corrected chi connectivity index (χ3v) is 3.12. The molecule has 1 aromatic heterocycles. The predicted octanol–water partition coefficient (Wildman–Crippen LogP) is -0.530. The number of aromatic nitrogens is 2. The van der Waals surface area contributed by atoms with Crippen LogP contribution in [0.3, 0.4) is 0 Å². The van der Waals surface area contributed by atoms with E-state index in [0.717, 1.165) is 18.8 Å². The number of anilines is 1. The molecule has 0 saturated carbocycles. The molecule has 6 nitrogen and oxygen atoms in total. The van der Waals surface area contributed by atoms with Crippen LogP contribution in [0.4, 0.5) is 5.82 Å². The second kappa shape index (κ2) is 5.60. The lowest BCUT2D eigenvalue weighted by Gasteiger charge is -2.27. The van der Waals surface area contributed by atoms with Crippen molar-refractivity contribution in [2.75, 3.05) is 32.1 Å². The Labute approximate surface area is 107 Å². The van der Waals surface area contributed by atoms with E-state index in [9.17, 15) is 5.11 Å². The van der Waals surface area contributed by atoms with Crippen LogP contribution in [0.25, 0.3) is 0 Å². The van der Waals surface area contributed by atoms with Crippen LogP contribution >= 0.6 is 0 Å². The van der Waals surface area contributed by atoms with Crippen molar-refractivity contribution in [3.05, 3.63) is 18.1 Å². The van der Waals surface area contributed by atoms with Crippen molar-refractivity contribution in [3.8, 4) is 0 Å². The standard InChI is InChI=1S/C12H20N4O2/c1-15(2)6-10-3-11(18)7-16(10)12-5-13-9(8-17)4-14-12/h4-5,10-11,17-18H,3,6-8H2,1-2H3. The third kappa shape index (κ3) is 2.95. The molecule has 2 rings (SSSR count). The second-order valence-corrected chi connectivity index (χ2v) is 4.98. The zero-order valence-electron chi connectivity index (χ0n) is 10.8. The molecule has 0 spiro atoms. The molecular formula is C12H20N4O2. The van der Waals surface area contributed by atoms with E-state index in [4.69, 9.17) is 5.11 Å². The molecular weight excluding hydrogens is 232 g/mol. The van der Waals surface area contributed by atoms with Crippen LogP contribution < -0.4 is 4.90 Å². The van der Waals surface area contributed by atoms with Crippen molar-refractivity contribution in [1.29, 1.82) is 0 Å². The summed E-state index contributed by atoms with van der Waals surface area (Å²) in [6.45, 7) is 1.36. The molecule has 0 aromatic carbocycles. The van der Waals surface area contributed by atoms with Crippen molar-refractivity contribution < 1.29 is 10.2 Å². The van der Waals surface area contributed by atoms with E-state index in [1.807, 2.05) is 14.1 Å². The summed E-state index contributed by atoms with van der Waals surface area (Å²) in [5.74, 6) is 0.760. The van der Waals surface area contributed by atoms with Crippen molar-refractivity contribution >= 4 is 5.82 Å². The Morgan fingerprint density at radius 3 is 2.72 bits per heavy atom. The number of hydrogen-bond donors (Lipinski definition) is 2. The second-order valence-electron chi connectivity index (χ2n) is 4.98. The number of hydrogen-bond acceptors (Lipinski definition) is 6. The predicted molar refractivity (Wildman–Crippen MR) is 68.3 cm³/mol. The van der Waals surface area contributed by atoms with Gasteiger partial charge in [0.2, 0.25) is 0 Å². The number of β-amino-alcohol motifs (C(OH)–C–C–N with tert-alkyl or cyclic N) is 1. The van der Waals surface area contributed by atoms with Gasteiger partial charge in [-0.1, -0.05) is 0 Å². The normalized spacial score (nSPS) is 23.9. The van der Waals surface area contributed by atoms with Crippen molar-refractivity contribution in [2.45, 2.75) is 25.2 Å². The molecule has 0 aliphatic carbocycles. The number of aliphatic hydroxyl groups excluding tert-OH is 2. The van der Waals surface area contributed by atoms with Crippen LogP contribution in [0, 0.1) is 0 Å². The first-order valence-electron chi connectivity index (χ1n) is 6.11. The van der Waals surface area contributed by atoms with Gasteiger partial charge in [0.25, 0.3) is 0 Å². The van der Waals surface area contributed by atoms with E-state index in [1.54, 1.807) is 12.4 Å². The molecule has 2 unspecified atom stereocenters. The molecule has 1 fully saturated rings. The van der Waals surface area contributed by atoms with E-state index in [1.165, 1.54) is 0 Å².